The molecule has 1 amide bonds. The Labute approximate surface area is 175 Å². The summed E-state index contributed by atoms with van der Waals surface area (Å²) in [6, 6.07) is 9.43. The summed E-state index contributed by atoms with van der Waals surface area (Å²) in [4.78, 5) is 30.1. The summed E-state index contributed by atoms with van der Waals surface area (Å²) in [5.74, 6) is 0.368. The number of thiophene rings is 1. The first-order valence-electron chi connectivity index (χ1n) is 8.95. The zero-order valence-electron chi connectivity index (χ0n) is 16.1. The van der Waals surface area contributed by atoms with Crippen molar-refractivity contribution in [1.29, 1.82) is 0 Å². The topological polar surface area (TPSA) is 92.7 Å². The number of aromatic amines is 1. The average molecular weight is 426 g/mol. The van der Waals surface area contributed by atoms with Crippen molar-refractivity contribution in [2.24, 2.45) is 0 Å². The molecule has 0 unspecified atom stereocenters. The van der Waals surface area contributed by atoms with Gasteiger partial charge in [-0.2, -0.15) is 5.10 Å². The fraction of sp³-hybridized carbons (Fsp3) is 0.200. The predicted molar refractivity (Wildman–Crippen MR) is 117 cm³/mol. The molecule has 4 aromatic rings. The van der Waals surface area contributed by atoms with Crippen LogP contribution in [-0.4, -0.2) is 31.4 Å². The van der Waals surface area contributed by atoms with Crippen LogP contribution in [-0.2, 0) is 4.79 Å². The van der Waals surface area contributed by atoms with E-state index in [1.807, 2.05) is 50.4 Å². The fourth-order valence-electron chi connectivity index (χ4n) is 2.87. The van der Waals surface area contributed by atoms with Gasteiger partial charge in [-0.1, -0.05) is 17.8 Å². The molecule has 0 aliphatic rings. The monoisotopic (exact) mass is 425 g/mol. The number of hydrogen-bond donors (Lipinski definition) is 2. The van der Waals surface area contributed by atoms with Crippen molar-refractivity contribution in [2.75, 3.05) is 11.1 Å². The molecule has 0 aliphatic carbocycles. The Bertz CT molecular complexity index is 1270. The van der Waals surface area contributed by atoms with E-state index in [1.165, 1.54) is 23.1 Å². The van der Waals surface area contributed by atoms with E-state index < -0.39 is 0 Å². The Morgan fingerprint density at radius 1 is 1.21 bits per heavy atom. The molecule has 0 atom stereocenters. The molecule has 0 saturated heterocycles. The largest absolute Gasteiger partial charge is 0.308 e. The zero-order chi connectivity index (χ0) is 20.5. The lowest BCUT2D eigenvalue weighted by atomic mass is 10.1. The second-order valence-electron chi connectivity index (χ2n) is 6.71. The summed E-state index contributed by atoms with van der Waals surface area (Å²) < 4.78 is 2.19. The van der Waals surface area contributed by atoms with E-state index in [2.05, 4.69) is 20.5 Å². The number of H-pyrrole nitrogens is 1. The van der Waals surface area contributed by atoms with Gasteiger partial charge in [0.2, 0.25) is 5.91 Å². The van der Waals surface area contributed by atoms with E-state index in [0.717, 1.165) is 22.5 Å². The zero-order valence-corrected chi connectivity index (χ0v) is 17.8. The second kappa shape index (κ2) is 7.84. The quantitative estimate of drug-likeness (QED) is 0.374. The Balaban J connectivity index is 1.68. The first-order valence-corrected chi connectivity index (χ1v) is 10.8. The number of carbonyl (C=O) groups is 1. The summed E-state index contributed by atoms with van der Waals surface area (Å²) in [7, 11) is 0. The van der Waals surface area contributed by atoms with E-state index >= 15 is 0 Å². The van der Waals surface area contributed by atoms with E-state index in [4.69, 9.17) is 0 Å². The molecule has 0 spiro atoms. The van der Waals surface area contributed by atoms with Crippen LogP contribution in [0.15, 0.2) is 45.7 Å². The number of fused-ring (bicyclic) bond motifs is 1. The normalized spacial score (nSPS) is 11.1. The van der Waals surface area contributed by atoms with Crippen molar-refractivity contribution in [3.8, 4) is 5.69 Å². The number of benzene rings is 1. The molecule has 148 valence electrons. The van der Waals surface area contributed by atoms with Crippen LogP contribution in [0.1, 0.15) is 16.8 Å². The van der Waals surface area contributed by atoms with Gasteiger partial charge in [0.05, 0.1) is 17.0 Å². The molecule has 0 aliphatic heterocycles. The Morgan fingerprint density at radius 2 is 2.03 bits per heavy atom. The van der Waals surface area contributed by atoms with E-state index in [-0.39, 0.29) is 17.2 Å². The third-order valence-corrected chi connectivity index (χ3v) is 6.33. The molecule has 4 rings (SSSR count). The molecule has 0 saturated carbocycles. The highest BCUT2D eigenvalue weighted by Crippen LogP contribution is 2.24. The minimum absolute atomic E-state index is 0.110. The number of rotatable bonds is 5. The lowest BCUT2D eigenvalue weighted by Crippen LogP contribution is -2.22. The van der Waals surface area contributed by atoms with Crippen molar-refractivity contribution in [3.63, 3.8) is 0 Å². The smallest absolute Gasteiger partial charge is 0.276 e. The third kappa shape index (κ3) is 3.96. The van der Waals surface area contributed by atoms with Crippen molar-refractivity contribution in [1.82, 2.24) is 19.7 Å². The van der Waals surface area contributed by atoms with Gasteiger partial charge in [-0.05, 0) is 55.5 Å². The molecular formula is C20H19N5O2S2. The Morgan fingerprint density at radius 3 is 2.76 bits per heavy atom. The van der Waals surface area contributed by atoms with Crippen LogP contribution < -0.4 is 10.9 Å². The summed E-state index contributed by atoms with van der Waals surface area (Å²) in [6.45, 7) is 5.89. The van der Waals surface area contributed by atoms with Crippen LogP contribution in [0.3, 0.4) is 0 Å². The van der Waals surface area contributed by atoms with Gasteiger partial charge < -0.3 is 5.32 Å². The van der Waals surface area contributed by atoms with Crippen molar-refractivity contribution in [2.45, 2.75) is 25.9 Å². The molecule has 9 heteroatoms. The van der Waals surface area contributed by atoms with Crippen LogP contribution in [0, 0.1) is 20.8 Å². The first kappa shape index (κ1) is 19.4. The molecular weight excluding hydrogens is 406 g/mol. The lowest BCUT2D eigenvalue weighted by molar-refractivity contribution is -0.113. The van der Waals surface area contributed by atoms with Crippen LogP contribution >= 0.6 is 23.1 Å². The molecule has 7 nitrogen and oxygen atoms in total. The fourth-order valence-corrected chi connectivity index (χ4v) is 4.44. The van der Waals surface area contributed by atoms with Gasteiger partial charge in [0.15, 0.2) is 11.0 Å². The van der Waals surface area contributed by atoms with Crippen LogP contribution in [0.5, 0.6) is 0 Å². The minimum Gasteiger partial charge on any atom is -0.308 e. The van der Waals surface area contributed by atoms with Crippen molar-refractivity contribution < 1.29 is 4.79 Å². The molecule has 3 heterocycles. The molecule has 29 heavy (non-hydrogen) atoms. The number of hydrogen-bond acceptors (Lipinski definition) is 6. The van der Waals surface area contributed by atoms with Crippen LogP contribution in [0.25, 0.3) is 15.9 Å². The summed E-state index contributed by atoms with van der Waals surface area (Å²) in [5.41, 5.74) is 4.36. The second-order valence-corrected chi connectivity index (χ2v) is 8.57. The van der Waals surface area contributed by atoms with Gasteiger partial charge >= 0.3 is 0 Å². The summed E-state index contributed by atoms with van der Waals surface area (Å²) >= 11 is 2.60. The van der Waals surface area contributed by atoms with Crippen LogP contribution in [0.2, 0.25) is 0 Å². The highest BCUT2D eigenvalue weighted by Gasteiger charge is 2.16. The molecule has 3 aromatic heterocycles. The lowest BCUT2D eigenvalue weighted by Gasteiger charge is -2.13. The molecule has 1 aromatic carbocycles. The summed E-state index contributed by atoms with van der Waals surface area (Å²) in [5, 5.41) is 11.9. The summed E-state index contributed by atoms with van der Waals surface area (Å²) in [6.07, 6.45) is 0. The number of nitrogens with one attached hydrogen (secondary N) is 2. The Kier molecular flexibility index (Phi) is 5.25. The third-order valence-electron chi connectivity index (χ3n) is 4.50. The number of nitrogens with zero attached hydrogens (tertiary/aromatic N) is 3. The van der Waals surface area contributed by atoms with E-state index in [1.54, 1.807) is 10.6 Å². The predicted octanol–water partition coefficient (Wildman–Crippen LogP) is 3.83. The van der Waals surface area contributed by atoms with Crippen molar-refractivity contribution >= 4 is 45.0 Å². The van der Waals surface area contributed by atoms with Crippen LogP contribution in [0.4, 0.5) is 5.82 Å². The van der Waals surface area contributed by atoms with E-state index in [0.29, 0.717) is 21.2 Å². The van der Waals surface area contributed by atoms with Gasteiger partial charge in [0.25, 0.3) is 5.56 Å². The number of carbonyl (C=O) groups excluding carboxylic acids is 1. The number of thioether (sulfide) groups is 1. The van der Waals surface area contributed by atoms with Gasteiger partial charge in [-0.15, -0.1) is 11.3 Å². The number of amides is 1. The Hall–Kier alpha value is -2.91. The van der Waals surface area contributed by atoms with E-state index in [9.17, 15) is 9.59 Å². The standard InChI is InChI=1S/C20H19N5O2S2/c1-11-4-5-14(8-12(11)2)25-19(27)18-15(6-7-28-18)21-20(25)29-10-17(26)22-16-9-13(3)23-24-16/h4-9H,10H2,1-3H3,(H2,22,23,24,26). The number of aromatic nitrogens is 4. The first-order chi connectivity index (χ1) is 13.9. The van der Waals surface area contributed by atoms with Gasteiger partial charge in [-0.3, -0.25) is 19.3 Å². The van der Waals surface area contributed by atoms with Gasteiger partial charge in [0, 0.05) is 11.8 Å². The average Bonchev–Trinajstić information content (AvgIpc) is 3.31. The maximum atomic E-state index is 13.2. The molecule has 2 N–H and O–H groups in total. The molecule has 0 bridgehead atoms. The minimum atomic E-state index is -0.215. The molecule has 0 fully saturated rings. The highest BCUT2D eigenvalue weighted by atomic mass is 32.2. The SMILES string of the molecule is Cc1cc(NC(=O)CSc2nc3ccsc3c(=O)n2-c2ccc(C)c(C)c2)n[nH]1. The van der Waals surface area contributed by atoms with Crippen molar-refractivity contribution in [3.05, 3.63) is 62.9 Å². The number of anilines is 1. The number of aryl methyl sites for hydroxylation is 3. The molecule has 0 radical (unpaired) electrons. The maximum Gasteiger partial charge on any atom is 0.276 e. The van der Waals surface area contributed by atoms with Gasteiger partial charge in [0.1, 0.15) is 4.70 Å². The van der Waals surface area contributed by atoms with Gasteiger partial charge in [-0.25, -0.2) is 4.98 Å². The highest BCUT2D eigenvalue weighted by molar-refractivity contribution is 7.99. The maximum absolute atomic E-state index is 13.2.